The zero-order valence-electron chi connectivity index (χ0n) is 14.5. The fourth-order valence-corrected chi connectivity index (χ4v) is 4.76. The van der Waals surface area contributed by atoms with Crippen LogP contribution in [0.1, 0.15) is 41.9 Å². The minimum Gasteiger partial charge on any atom is -0.492 e. The normalized spacial score (nSPS) is 16.5. The Morgan fingerprint density at radius 1 is 1.35 bits per heavy atom. The number of nitrogens with one attached hydrogen (secondary N) is 1. The van der Waals surface area contributed by atoms with Gasteiger partial charge in [0.05, 0.1) is 6.61 Å². The maximum Gasteiger partial charge on any atom is 0.269 e. The van der Waals surface area contributed by atoms with Gasteiger partial charge in [0.2, 0.25) is 10.0 Å². The van der Waals surface area contributed by atoms with E-state index >= 15 is 0 Å². The molecule has 0 aliphatic carbocycles. The smallest absolute Gasteiger partial charge is 0.269 e. The zero-order chi connectivity index (χ0) is 18.7. The number of nitrogens with two attached hydrogens (primary N) is 1. The first-order chi connectivity index (χ1) is 12.4. The lowest BCUT2D eigenvalue weighted by molar-refractivity contribution is 0.0995. The van der Waals surface area contributed by atoms with Crippen LogP contribution in [-0.4, -0.2) is 48.5 Å². The largest absolute Gasteiger partial charge is 0.492 e. The number of aromatic nitrogens is 2. The molecular formula is C17H22N4O4S. The van der Waals surface area contributed by atoms with Crippen LogP contribution in [0.2, 0.25) is 0 Å². The van der Waals surface area contributed by atoms with Crippen molar-refractivity contribution in [1.29, 1.82) is 0 Å². The fraction of sp³-hybridized carbons (Fsp3) is 0.412. The van der Waals surface area contributed by atoms with E-state index in [0.29, 0.717) is 38.3 Å². The SMILES string of the molecule is CCOc1ccccc1S(=O)(=O)N1CCC(c2cc(C(N)=O)n[nH]2)CC1. The van der Waals surface area contributed by atoms with Crippen molar-refractivity contribution in [2.75, 3.05) is 19.7 Å². The van der Waals surface area contributed by atoms with Gasteiger partial charge in [0.15, 0.2) is 0 Å². The van der Waals surface area contributed by atoms with Crippen LogP contribution in [0.3, 0.4) is 0 Å². The van der Waals surface area contributed by atoms with Gasteiger partial charge in [-0.2, -0.15) is 9.40 Å². The molecule has 0 radical (unpaired) electrons. The van der Waals surface area contributed by atoms with Crippen molar-refractivity contribution in [3.8, 4) is 5.75 Å². The van der Waals surface area contributed by atoms with Crippen LogP contribution >= 0.6 is 0 Å². The van der Waals surface area contributed by atoms with Gasteiger partial charge in [-0.25, -0.2) is 8.42 Å². The molecule has 2 heterocycles. The summed E-state index contributed by atoms with van der Waals surface area (Å²) in [5, 5.41) is 6.72. The average Bonchev–Trinajstić information content (AvgIpc) is 3.13. The number of sulfonamides is 1. The maximum atomic E-state index is 13.0. The molecule has 9 heteroatoms. The summed E-state index contributed by atoms with van der Waals surface area (Å²) in [7, 11) is -3.62. The summed E-state index contributed by atoms with van der Waals surface area (Å²) >= 11 is 0. The van der Waals surface area contributed by atoms with Crippen LogP contribution in [0.15, 0.2) is 35.2 Å². The van der Waals surface area contributed by atoms with Gasteiger partial charge in [-0.1, -0.05) is 12.1 Å². The Morgan fingerprint density at radius 2 is 2.04 bits per heavy atom. The lowest BCUT2D eigenvalue weighted by Crippen LogP contribution is -2.38. The van der Waals surface area contributed by atoms with E-state index in [1.54, 1.807) is 30.3 Å². The Morgan fingerprint density at radius 3 is 2.65 bits per heavy atom. The summed E-state index contributed by atoms with van der Waals surface area (Å²) in [6.07, 6.45) is 1.27. The van der Waals surface area contributed by atoms with Crippen LogP contribution in [0.25, 0.3) is 0 Å². The van der Waals surface area contributed by atoms with Gasteiger partial charge in [-0.05, 0) is 38.0 Å². The number of amides is 1. The lowest BCUT2D eigenvalue weighted by atomic mass is 9.94. The lowest BCUT2D eigenvalue weighted by Gasteiger charge is -2.31. The Hall–Kier alpha value is -2.39. The third kappa shape index (κ3) is 3.58. The first-order valence-corrected chi connectivity index (χ1v) is 9.94. The molecule has 2 aromatic rings. The number of H-pyrrole nitrogens is 1. The van der Waals surface area contributed by atoms with Crippen molar-refractivity contribution in [3.63, 3.8) is 0 Å². The van der Waals surface area contributed by atoms with E-state index in [2.05, 4.69) is 10.2 Å². The number of para-hydroxylation sites is 1. The summed E-state index contributed by atoms with van der Waals surface area (Å²) in [5.74, 6) is -0.0963. The molecule has 1 fully saturated rings. The van der Waals surface area contributed by atoms with E-state index in [4.69, 9.17) is 10.5 Å². The second kappa shape index (κ2) is 7.46. The predicted molar refractivity (Wildman–Crippen MR) is 95.5 cm³/mol. The Bertz CT molecular complexity index is 886. The number of primary amides is 1. The fourth-order valence-electron chi connectivity index (χ4n) is 3.16. The number of carbonyl (C=O) groups excluding carboxylic acids is 1. The van der Waals surface area contributed by atoms with Gasteiger partial charge < -0.3 is 10.5 Å². The summed E-state index contributed by atoms with van der Waals surface area (Å²) in [6.45, 7) is 2.99. The van der Waals surface area contributed by atoms with Crippen LogP contribution in [-0.2, 0) is 10.0 Å². The standard InChI is InChI=1S/C17H22N4O4S/c1-2-25-15-5-3-4-6-16(15)26(23,24)21-9-7-12(8-10-21)13-11-14(17(18)22)20-19-13/h3-6,11-12H,2,7-10H2,1H3,(H2,18,22)(H,19,20). The Balaban J connectivity index is 1.73. The van der Waals surface area contributed by atoms with E-state index in [9.17, 15) is 13.2 Å². The molecule has 0 spiro atoms. The zero-order valence-corrected chi connectivity index (χ0v) is 15.3. The number of ether oxygens (including phenoxy) is 1. The third-order valence-electron chi connectivity index (χ3n) is 4.51. The van der Waals surface area contributed by atoms with Crippen molar-refractivity contribution < 1.29 is 17.9 Å². The molecule has 3 rings (SSSR count). The molecule has 0 bridgehead atoms. The highest BCUT2D eigenvalue weighted by molar-refractivity contribution is 7.89. The van der Waals surface area contributed by atoms with Gasteiger partial charge in [0.25, 0.3) is 5.91 Å². The summed E-state index contributed by atoms with van der Waals surface area (Å²) in [5.41, 5.74) is 6.22. The van der Waals surface area contributed by atoms with Crippen LogP contribution in [0.4, 0.5) is 0 Å². The van der Waals surface area contributed by atoms with E-state index in [1.165, 1.54) is 4.31 Å². The van der Waals surface area contributed by atoms with E-state index in [0.717, 1.165) is 5.69 Å². The summed E-state index contributed by atoms with van der Waals surface area (Å²) in [4.78, 5) is 11.4. The predicted octanol–water partition coefficient (Wildman–Crippen LogP) is 1.48. The highest BCUT2D eigenvalue weighted by Gasteiger charge is 2.32. The molecule has 8 nitrogen and oxygen atoms in total. The molecule has 140 valence electrons. The third-order valence-corrected chi connectivity index (χ3v) is 6.45. The number of benzene rings is 1. The number of aromatic amines is 1. The van der Waals surface area contributed by atoms with E-state index in [-0.39, 0.29) is 16.5 Å². The quantitative estimate of drug-likeness (QED) is 0.789. The number of piperidine rings is 1. The molecule has 1 aromatic carbocycles. The Kier molecular flexibility index (Phi) is 5.28. The maximum absolute atomic E-state index is 13.0. The monoisotopic (exact) mass is 378 g/mol. The van der Waals surface area contributed by atoms with Crippen LogP contribution in [0, 0.1) is 0 Å². The average molecular weight is 378 g/mol. The first kappa shape index (κ1) is 18.4. The molecule has 1 aromatic heterocycles. The van der Waals surface area contributed by atoms with Gasteiger partial charge in [-0.3, -0.25) is 9.89 Å². The molecule has 1 aliphatic rings. The van der Waals surface area contributed by atoms with Crippen LogP contribution in [0.5, 0.6) is 5.75 Å². The topological polar surface area (TPSA) is 118 Å². The number of hydrogen-bond acceptors (Lipinski definition) is 5. The highest BCUT2D eigenvalue weighted by Crippen LogP contribution is 2.32. The second-order valence-corrected chi connectivity index (χ2v) is 8.04. The van der Waals surface area contributed by atoms with Gasteiger partial charge >= 0.3 is 0 Å². The number of nitrogens with zero attached hydrogens (tertiary/aromatic N) is 2. The molecule has 26 heavy (non-hydrogen) atoms. The molecule has 0 atom stereocenters. The number of carbonyl (C=O) groups is 1. The molecule has 1 saturated heterocycles. The molecule has 0 saturated carbocycles. The van der Waals surface area contributed by atoms with Crippen molar-refractivity contribution in [2.24, 2.45) is 5.73 Å². The van der Waals surface area contributed by atoms with E-state index < -0.39 is 15.9 Å². The Labute approximate surface area is 152 Å². The number of hydrogen-bond donors (Lipinski definition) is 2. The minimum atomic E-state index is -3.62. The van der Waals surface area contributed by atoms with Crippen molar-refractivity contribution in [3.05, 3.63) is 41.7 Å². The highest BCUT2D eigenvalue weighted by atomic mass is 32.2. The molecule has 0 unspecified atom stereocenters. The van der Waals surface area contributed by atoms with E-state index in [1.807, 2.05) is 6.92 Å². The van der Waals surface area contributed by atoms with Gasteiger partial charge in [0.1, 0.15) is 16.3 Å². The molecule has 3 N–H and O–H groups in total. The molecule has 1 aliphatic heterocycles. The van der Waals surface area contributed by atoms with Crippen molar-refractivity contribution in [2.45, 2.75) is 30.6 Å². The molecule has 1 amide bonds. The molecular weight excluding hydrogens is 356 g/mol. The second-order valence-electron chi connectivity index (χ2n) is 6.13. The van der Waals surface area contributed by atoms with Gasteiger partial charge in [-0.15, -0.1) is 0 Å². The first-order valence-electron chi connectivity index (χ1n) is 8.50. The summed E-state index contributed by atoms with van der Waals surface area (Å²) in [6, 6.07) is 8.32. The summed E-state index contributed by atoms with van der Waals surface area (Å²) < 4.78 is 32.9. The van der Waals surface area contributed by atoms with Crippen molar-refractivity contribution >= 4 is 15.9 Å². The minimum absolute atomic E-state index is 0.115. The number of rotatable bonds is 6. The van der Waals surface area contributed by atoms with Crippen LogP contribution < -0.4 is 10.5 Å². The van der Waals surface area contributed by atoms with Gasteiger partial charge in [0, 0.05) is 24.7 Å². The van der Waals surface area contributed by atoms with Crippen molar-refractivity contribution in [1.82, 2.24) is 14.5 Å².